The molecule has 1 aliphatic carbocycles. The molecule has 0 saturated heterocycles. The molecule has 0 aromatic heterocycles. The van der Waals surface area contributed by atoms with Gasteiger partial charge in [0.05, 0.1) is 0 Å². The number of benzene rings is 4. The van der Waals surface area contributed by atoms with Crippen LogP contribution in [0.5, 0.6) is 40.2 Å². The monoisotopic (exact) mass is 688 g/mol. The Hall–Kier alpha value is -4.31. The summed E-state index contributed by atoms with van der Waals surface area (Å²) in [6.45, 7) is 9.06. The van der Waals surface area contributed by atoms with Gasteiger partial charge in [-0.2, -0.15) is 0 Å². The van der Waals surface area contributed by atoms with Crippen LogP contribution in [0.1, 0.15) is 102 Å². The predicted octanol–water partition coefficient (Wildman–Crippen LogP) is 8.97. The van der Waals surface area contributed by atoms with E-state index in [0.717, 1.165) is 89.7 Å². The number of hydrogen-bond acceptors (Lipinski definition) is 4. The van der Waals surface area contributed by atoms with Gasteiger partial charge in [0.2, 0.25) is 6.71 Å². The Balaban J connectivity index is 1.27. The summed E-state index contributed by atoms with van der Waals surface area (Å²) in [5, 5.41) is 0. The standard InChI is InChI=1S/C46H50B2O4/c1-5-9-13-29-17-21-37-33(25-29)47-34-26-30(14-10-6-2)18-22-38(34)50-44-41(47)43(49-37)45-42-46(44)52-40-24-20-32(16-12-8-4)28-36(40)48(42)35-27-31(15-11-7-3)19-23-39(35)51-45/h17-28,33,37H,5-16H2,1-4H3. The van der Waals surface area contributed by atoms with Crippen LogP contribution in [0.2, 0.25) is 5.82 Å². The van der Waals surface area contributed by atoms with E-state index in [-0.39, 0.29) is 25.3 Å². The van der Waals surface area contributed by atoms with Crippen molar-refractivity contribution < 1.29 is 18.9 Å². The highest BCUT2D eigenvalue weighted by molar-refractivity contribution is 6.99. The topological polar surface area (TPSA) is 36.9 Å². The molecule has 4 aromatic carbocycles. The lowest BCUT2D eigenvalue weighted by Gasteiger charge is -2.44. The second kappa shape index (κ2) is 13.9. The second-order valence-corrected chi connectivity index (χ2v) is 15.7. The number of allylic oxidation sites excluding steroid dienone is 2. The molecule has 9 rings (SSSR count). The van der Waals surface area contributed by atoms with Crippen molar-refractivity contribution >= 4 is 40.7 Å². The molecular weight excluding hydrogens is 638 g/mol. The third-order valence-electron chi connectivity index (χ3n) is 12.0. The van der Waals surface area contributed by atoms with Crippen LogP contribution in [-0.4, -0.2) is 19.5 Å². The van der Waals surface area contributed by atoms with E-state index in [1.165, 1.54) is 77.2 Å². The molecule has 5 aliphatic rings. The van der Waals surface area contributed by atoms with Crippen LogP contribution in [0.3, 0.4) is 0 Å². The normalized spacial score (nSPS) is 18.0. The number of fused-ring (bicyclic) bond motifs is 10. The van der Waals surface area contributed by atoms with Gasteiger partial charge < -0.3 is 18.9 Å². The SMILES string of the molecule is CCCCC1=CC2B3c4cc(CCCC)ccc4Oc4c5c6c(c(c43)OC2C=C1)Oc1ccc(CCCC)cc1B6c1cc(CCCC)ccc1O5. The third-order valence-corrected chi connectivity index (χ3v) is 12.0. The Morgan fingerprint density at radius 1 is 0.538 bits per heavy atom. The molecule has 0 N–H and O–H groups in total. The van der Waals surface area contributed by atoms with E-state index in [4.69, 9.17) is 18.9 Å². The fourth-order valence-corrected chi connectivity index (χ4v) is 9.23. The van der Waals surface area contributed by atoms with Crippen LogP contribution in [0.4, 0.5) is 0 Å². The molecule has 264 valence electrons. The van der Waals surface area contributed by atoms with Crippen LogP contribution in [0.25, 0.3) is 0 Å². The first kappa shape index (κ1) is 33.5. The fraction of sp³-hybridized carbons (Fsp3) is 0.391. The zero-order valence-electron chi connectivity index (χ0n) is 31.4. The van der Waals surface area contributed by atoms with E-state index in [1.54, 1.807) is 0 Å². The molecular formula is C46H50B2O4. The molecule has 0 amide bonds. The van der Waals surface area contributed by atoms with Gasteiger partial charge in [-0.1, -0.05) is 108 Å². The number of hydrogen-bond donors (Lipinski definition) is 0. The maximum absolute atomic E-state index is 7.18. The van der Waals surface area contributed by atoms with Crippen molar-refractivity contribution in [3.05, 3.63) is 95.1 Å². The Kier molecular flexibility index (Phi) is 8.97. The minimum atomic E-state index is -0.104. The molecule has 0 bridgehead atoms. The van der Waals surface area contributed by atoms with Crippen molar-refractivity contribution in [1.82, 2.24) is 0 Å². The molecule has 0 fully saturated rings. The van der Waals surface area contributed by atoms with E-state index in [0.29, 0.717) is 0 Å². The Labute approximate surface area is 310 Å². The van der Waals surface area contributed by atoms with Crippen LogP contribution >= 0.6 is 0 Å². The maximum atomic E-state index is 7.18. The number of rotatable bonds is 12. The molecule has 4 aliphatic heterocycles. The summed E-state index contributed by atoms with van der Waals surface area (Å²) < 4.78 is 28.4. The van der Waals surface area contributed by atoms with Gasteiger partial charge >= 0.3 is 0 Å². The van der Waals surface area contributed by atoms with Crippen LogP contribution in [0.15, 0.2) is 78.4 Å². The largest absolute Gasteiger partial charge is 0.483 e. The molecule has 52 heavy (non-hydrogen) atoms. The Bertz CT molecular complexity index is 2080. The van der Waals surface area contributed by atoms with Crippen LogP contribution in [-0.2, 0) is 19.3 Å². The van der Waals surface area contributed by atoms with Gasteiger partial charge in [0, 0.05) is 16.7 Å². The maximum Gasteiger partial charge on any atom is 0.261 e. The van der Waals surface area contributed by atoms with Gasteiger partial charge in [0.1, 0.15) is 23.4 Å². The van der Waals surface area contributed by atoms with E-state index in [2.05, 4.69) is 101 Å². The molecule has 4 aromatic rings. The lowest BCUT2D eigenvalue weighted by molar-refractivity contribution is 0.235. The fourth-order valence-electron chi connectivity index (χ4n) is 9.23. The average Bonchev–Trinajstić information content (AvgIpc) is 3.18. The number of aryl methyl sites for hydroxylation is 3. The summed E-state index contributed by atoms with van der Waals surface area (Å²) in [6, 6.07) is 20.6. The number of unbranched alkanes of at least 4 members (excludes halogenated alkanes) is 4. The van der Waals surface area contributed by atoms with Gasteiger partial charge in [-0.15, -0.1) is 0 Å². The van der Waals surface area contributed by atoms with Crippen LogP contribution < -0.4 is 46.3 Å². The van der Waals surface area contributed by atoms with Crippen molar-refractivity contribution in [2.45, 2.75) is 117 Å². The van der Waals surface area contributed by atoms with Gasteiger partial charge in [-0.25, -0.2) is 0 Å². The van der Waals surface area contributed by atoms with E-state index >= 15 is 0 Å². The Morgan fingerprint density at radius 3 is 1.58 bits per heavy atom. The molecule has 0 radical (unpaired) electrons. The number of ether oxygens (including phenoxy) is 4. The van der Waals surface area contributed by atoms with E-state index < -0.39 is 0 Å². The van der Waals surface area contributed by atoms with E-state index in [1.807, 2.05) is 0 Å². The van der Waals surface area contributed by atoms with Gasteiger partial charge in [0.15, 0.2) is 23.0 Å². The highest BCUT2D eigenvalue weighted by Gasteiger charge is 2.53. The zero-order chi connectivity index (χ0) is 35.3. The van der Waals surface area contributed by atoms with Gasteiger partial charge in [-0.05, 0) is 109 Å². The quantitative estimate of drug-likeness (QED) is 0.120. The second-order valence-electron chi connectivity index (χ2n) is 15.7. The zero-order valence-corrected chi connectivity index (χ0v) is 31.4. The lowest BCUT2D eigenvalue weighted by Crippen LogP contribution is -2.61. The Morgan fingerprint density at radius 2 is 1.02 bits per heavy atom. The molecule has 4 nitrogen and oxygen atoms in total. The summed E-state index contributed by atoms with van der Waals surface area (Å²) in [6.07, 6.45) is 20.6. The van der Waals surface area contributed by atoms with Crippen LogP contribution in [0, 0.1) is 0 Å². The van der Waals surface area contributed by atoms with E-state index in [9.17, 15) is 0 Å². The third kappa shape index (κ3) is 5.60. The summed E-state index contributed by atoms with van der Waals surface area (Å²) in [4.78, 5) is 0. The summed E-state index contributed by atoms with van der Waals surface area (Å²) in [5.74, 6) is 6.08. The molecule has 2 unspecified atom stereocenters. The first-order valence-electron chi connectivity index (χ1n) is 20.3. The molecule has 6 heteroatoms. The molecule has 0 saturated carbocycles. The van der Waals surface area contributed by atoms with Crippen molar-refractivity contribution in [3.63, 3.8) is 0 Å². The smallest absolute Gasteiger partial charge is 0.261 e. The highest BCUT2D eigenvalue weighted by atomic mass is 16.5. The first-order valence-corrected chi connectivity index (χ1v) is 20.3. The molecule has 0 spiro atoms. The predicted molar refractivity (Wildman–Crippen MR) is 216 cm³/mol. The first-order chi connectivity index (χ1) is 25.6. The summed E-state index contributed by atoms with van der Waals surface area (Å²) >= 11 is 0. The lowest BCUT2D eigenvalue weighted by atomic mass is 9.29. The highest BCUT2D eigenvalue weighted by Crippen LogP contribution is 2.51. The van der Waals surface area contributed by atoms with Crippen molar-refractivity contribution in [1.29, 1.82) is 0 Å². The molecule has 2 atom stereocenters. The van der Waals surface area contributed by atoms with Crippen molar-refractivity contribution in [2.24, 2.45) is 0 Å². The minimum Gasteiger partial charge on any atom is -0.483 e. The summed E-state index contributed by atoms with van der Waals surface area (Å²) in [7, 11) is 0. The van der Waals surface area contributed by atoms with Crippen molar-refractivity contribution in [3.8, 4) is 40.2 Å². The van der Waals surface area contributed by atoms with Crippen molar-refractivity contribution in [2.75, 3.05) is 0 Å². The summed E-state index contributed by atoms with van der Waals surface area (Å²) in [5.41, 5.74) is 11.2. The van der Waals surface area contributed by atoms with Gasteiger partial charge in [-0.3, -0.25) is 0 Å². The minimum absolute atomic E-state index is 0.0502. The molecule has 4 heterocycles. The average molecular weight is 689 g/mol. The van der Waals surface area contributed by atoms with Gasteiger partial charge in [0.25, 0.3) is 6.71 Å².